The molecule has 0 heterocycles. The number of ether oxygens (including phenoxy) is 3. The minimum atomic E-state index is -0.852. The molecule has 2 N–H and O–H groups in total. The van der Waals surface area contributed by atoms with E-state index in [4.69, 9.17) is 14.2 Å². The summed E-state index contributed by atoms with van der Waals surface area (Å²) in [6.07, 6.45) is -0.852. The maximum absolute atomic E-state index is 11.9. The molecule has 0 aliphatic rings. The zero-order valence-corrected chi connectivity index (χ0v) is 15.6. The SMILES string of the molecule is COc1cccc(OC)c1OCC(O)CNC(=O)CSc1ccccc1. The van der Waals surface area contributed by atoms with Crippen LogP contribution < -0.4 is 19.5 Å². The van der Waals surface area contributed by atoms with E-state index in [9.17, 15) is 9.90 Å². The molecule has 2 aromatic carbocycles. The molecular weight excluding hydrogens is 354 g/mol. The van der Waals surface area contributed by atoms with Crippen LogP contribution in [0.25, 0.3) is 0 Å². The second-order valence-corrected chi connectivity index (χ2v) is 6.41. The first kappa shape index (κ1) is 19.9. The number of hydrogen-bond acceptors (Lipinski definition) is 6. The molecule has 26 heavy (non-hydrogen) atoms. The van der Waals surface area contributed by atoms with Gasteiger partial charge in [-0.1, -0.05) is 24.3 Å². The van der Waals surface area contributed by atoms with Crippen molar-refractivity contribution in [3.05, 3.63) is 48.5 Å². The quantitative estimate of drug-likeness (QED) is 0.619. The van der Waals surface area contributed by atoms with Crippen molar-refractivity contribution in [2.45, 2.75) is 11.0 Å². The Hall–Kier alpha value is -2.38. The zero-order valence-electron chi connectivity index (χ0n) is 14.8. The summed E-state index contributed by atoms with van der Waals surface area (Å²) in [4.78, 5) is 12.9. The molecule has 2 rings (SSSR count). The number of aliphatic hydroxyl groups excluding tert-OH is 1. The molecule has 140 valence electrons. The summed E-state index contributed by atoms with van der Waals surface area (Å²) in [5.74, 6) is 1.59. The van der Waals surface area contributed by atoms with E-state index in [1.165, 1.54) is 26.0 Å². The van der Waals surface area contributed by atoms with Crippen LogP contribution in [0.1, 0.15) is 0 Å². The third-order valence-electron chi connectivity index (χ3n) is 3.45. The molecule has 0 aromatic heterocycles. The highest BCUT2D eigenvalue weighted by atomic mass is 32.2. The molecule has 0 saturated carbocycles. The van der Waals surface area contributed by atoms with E-state index in [1.54, 1.807) is 18.2 Å². The topological polar surface area (TPSA) is 77.0 Å². The summed E-state index contributed by atoms with van der Waals surface area (Å²) in [6.45, 7) is 0.106. The standard InChI is InChI=1S/C19H23NO5S/c1-23-16-9-6-10-17(24-2)19(16)25-12-14(21)11-20-18(22)13-26-15-7-4-3-5-8-15/h3-10,14,21H,11-13H2,1-2H3,(H,20,22). The van der Waals surface area contributed by atoms with Gasteiger partial charge in [-0.25, -0.2) is 0 Å². The fourth-order valence-electron chi connectivity index (χ4n) is 2.15. The Morgan fingerprint density at radius 1 is 1.08 bits per heavy atom. The minimum absolute atomic E-state index is 0.00282. The van der Waals surface area contributed by atoms with Crippen LogP contribution in [0.5, 0.6) is 17.2 Å². The molecule has 1 atom stereocenters. The summed E-state index contributed by atoms with van der Waals surface area (Å²) in [5, 5.41) is 12.7. The molecule has 0 fully saturated rings. The van der Waals surface area contributed by atoms with E-state index in [-0.39, 0.29) is 24.8 Å². The van der Waals surface area contributed by atoms with Crippen LogP contribution in [-0.4, -0.2) is 50.2 Å². The molecular formula is C19H23NO5S. The number of rotatable bonds is 10. The number of hydrogen-bond donors (Lipinski definition) is 2. The molecule has 1 unspecified atom stereocenters. The van der Waals surface area contributed by atoms with E-state index in [2.05, 4.69) is 5.32 Å². The van der Waals surface area contributed by atoms with Crippen molar-refractivity contribution in [3.8, 4) is 17.2 Å². The van der Waals surface area contributed by atoms with E-state index < -0.39 is 6.10 Å². The predicted molar refractivity (Wildman–Crippen MR) is 101 cm³/mol. The monoisotopic (exact) mass is 377 g/mol. The van der Waals surface area contributed by atoms with Crippen molar-refractivity contribution in [2.75, 3.05) is 33.1 Å². The van der Waals surface area contributed by atoms with E-state index in [0.717, 1.165) is 4.90 Å². The number of amides is 1. The van der Waals surface area contributed by atoms with Gasteiger partial charge in [-0.15, -0.1) is 11.8 Å². The van der Waals surface area contributed by atoms with Crippen LogP contribution in [0.3, 0.4) is 0 Å². The smallest absolute Gasteiger partial charge is 0.230 e. The molecule has 7 heteroatoms. The number of thioether (sulfide) groups is 1. The second kappa shape index (κ2) is 10.6. The zero-order chi connectivity index (χ0) is 18.8. The molecule has 0 aliphatic carbocycles. The van der Waals surface area contributed by atoms with Gasteiger partial charge in [0.25, 0.3) is 0 Å². The number of nitrogens with one attached hydrogen (secondary N) is 1. The summed E-state index contributed by atoms with van der Waals surface area (Å²) in [5.41, 5.74) is 0. The number of aliphatic hydroxyl groups is 1. The number of carbonyl (C=O) groups excluding carboxylic acids is 1. The fourth-order valence-corrected chi connectivity index (χ4v) is 2.90. The Morgan fingerprint density at radius 3 is 2.35 bits per heavy atom. The van der Waals surface area contributed by atoms with Crippen molar-refractivity contribution >= 4 is 17.7 Å². The van der Waals surface area contributed by atoms with Gasteiger partial charge in [-0.05, 0) is 24.3 Å². The third kappa shape index (κ3) is 6.16. The van der Waals surface area contributed by atoms with Crippen molar-refractivity contribution in [1.29, 1.82) is 0 Å². The largest absolute Gasteiger partial charge is 0.493 e. The van der Waals surface area contributed by atoms with Gasteiger partial charge < -0.3 is 24.6 Å². The molecule has 1 amide bonds. The minimum Gasteiger partial charge on any atom is -0.493 e. The molecule has 0 saturated heterocycles. The average molecular weight is 377 g/mol. The number of benzene rings is 2. The van der Waals surface area contributed by atoms with Gasteiger partial charge in [-0.3, -0.25) is 4.79 Å². The van der Waals surface area contributed by atoms with Crippen LogP contribution >= 0.6 is 11.8 Å². The number of para-hydroxylation sites is 1. The lowest BCUT2D eigenvalue weighted by molar-refractivity contribution is -0.119. The predicted octanol–water partition coefficient (Wildman–Crippen LogP) is 2.35. The average Bonchev–Trinajstić information content (AvgIpc) is 2.69. The first-order valence-electron chi connectivity index (χ1n) is 8.10. The summed E-state index contributed by atoms with van der Waals surface area (Å²) in [6, 6.07) is 14.9. The van der Waals surface area contributed by atoms with E-state index in [0.29, 0.717) is 17.2 Å². The van der Waals surface area contributed by atoms with Gasteiger partial charge >= 0.3 is 0 Å². The summed E-state index contributed by atoms with van der Waals surface area (Å²) < 4.78 is 16.1. The lowest BCUT2D eigenvalue weighted by atomic mass is 10.3. The Labute approximate surface area is 157 Å². The Morgan fingerprint density at radius 2 is 1.73 bits per heavy atom. The first-order chi connectivity index (χ1) is 12.6. The van der Waals surface area contributed by atoms with Crippen molar-refractivity contribution in [2.24, 2.45) is 0 Å². The Kier molecular flexibility index (Phi) is 8.11. The molecule has 0 radical (unpaired) electrons. The van der Waals surface area contributed by atoms with Gasteiger partial charge in [-0.2, -0.15) is 0 Å². The van der Waals surface area contributed by atoms with Crippen molar-refractivity contribution in [3.63, 3.8) is 0 Å². The molecule has 2 aromatic rings. The van der Waals surface area contributed by atoms with Gasteiger partial charge in [0.05, 0.1) is 20.0 Å². The fraction of sp³-hybridized carbons (Fsp3) is 0.316. The summed E-state index contributed by atoms with van der Waals surface area (Å²) in [7, 11) is 3.06. The highest BCUT2D eigenvalue weighted by molar-refractivity contribution is 8.00. The number of carbonyl (C=O) groups is 1. The Bertz CT molecular complexity index is 673. The third-order valence-corrected chi connectivity index (χ3v) is 4.46. The van der Waals surface area contributed by atoms with Gasteiger partial charge in [0.2, 0.25) is 11.7 Å². The maximum atomic E-state index is 11.9. The van der Waals surface area contributed by atoms with Gasteiger partial charge in [0.1, 0.15) is 12.7 Å². The highest BCUT2D eigenvalue weighted by Crippen LogP contribution is 2.36. The molecule has 0 bridgehead atoms. The lowest BCUT2D eigenvalue weighted by Gasteiger charge is -2.17. The van der Waals surface area contributed by atoms with E-state index in [1.807, 2.05) is 30.3 Å². The highest BCUT2D eigenvalue weighted by Gasteiger charge is 2.14. The van der Waals surface area contributed by atoms with Crippen molar-refractivity contribution < 1.29 is 24.1 Å². The maximum Gasteiger partial charge on any atom is 0.230 e. The molecule has 0 aliphatic heterocycles. The Balaban J connectivity index is 1.75. The van der Waals surface area contributed by atoms with Crippen LogP contribution in [0.15, 0.2) is 53.4 Å². The van der Waals surface area contributed by atoms with Crippen LogP contribution in [0, 0.1) is 0 Å². The summed E-state index contributed by atoms with van der Waals surface area (Å²) >= 11 is 1.44. The van der Waals surface area contributed by atoms with Gasteiger partial charge in [0.15, 0.2) is 11.5 Å². The van der Waals surface area contributed by atoms with Crippen LogP contribution in [-0.2, 0) is 4.79 Å². The normalized spacial score (nSPS) is 11.5. The molecule has 0 spiro atoms. The van der Waals surface area contributed by atoms with Crippen LogP contribution in [0.2, 0.25) is 0 Å². The van der Waals surface area contributed by atoms with E-state index >= 15 is 0 Å². The molecule has 6 nitrogen and oxygen atoms in total. The van der Waals surface area contributed by atoms with Crippen LogP contribution in [0.4, 0.5) is 0 Å². The van der Waals surface area contributed by atoms with Gasteiger partial charge in [0, 0.05) is 11.4 Å². The second-order valence-electron chi connectivity index (χ2n) is 5.36. The van der Waals surface area contributed by atoms with Crippen molar-refractivity contribution in [1.82, 2.24) is 5.32 Å². The number of methoxy groups -OCH3 is 2. The first-order valence-corrected chi connectivity index (χ1v) is 9.09. The lowest BCUT2D eigenvalue weighted by Crippen LogP contribution is -2.36.